The molecular formula is C12H16O5. The minimum Gasteiger partial charge on any atom is -0.468 e. The van der Waals surface area contributed by atoms with E-state index in [0.717, 1.165) is 0 Å². The molecule has 0 saturated heterocycles. The first-order valence-corrected chi connectivity index (χ1v) is 5.35. The number of methoxy groups -OCH3 is 2. The van der Waals surface area contributed by atoms with Crippen molar-refractivity contribution in [3.63, 3.8) is 0 Å². The highest BCUT2D eigenvalue weighted by Gasteiger charge is 2.50. The van der Waals surface area contributed by atoms with Crippen LogP contribution in [0, 0.1) is 5.41 Å². The van der Waals surface area contributed by atoms with Crippen LogP contribution >= 0.6 is 0 Å². The monoisotopic (exact) mass is 240 g/mol. The molecule has 1 unspecified atom stereocenters. The fourth-order valence-corrected chi connectivity index (χ4v) is 2.27. The Kier molecular flexibility index (Phi) is 3.70. The summed E-state index contributed by atoms with van der Waals surface area (Å²) in [6.07, 6.45) is 0.393. The molecule has 17 heavy (non-hydrogen) atoms. The van der Waals surface area contributed by atoms with Gasteiger partial charge in [-0.25, -0.2) is 4.79 Å². The van der Waals surface area contributed by atoms with Crippen molar-refractivity contribution in [3.8, 4) is 0 Å². The highest BCUT2D eigenvalue weighted by atomic mass is 16.5. The lowest BCUT2D eigenvalue weighted by molar-refractivity contribution is -0.151. The van der Waals surface area contributed by atoms with Gasteiger partial charge in [0, 0.05) is 6.42 Å². The Labute approximate surface area is 99.8 Å². The Morgan fingerprint density at radius 3 is 2.29 bits per heavy atom. The molecule has 94 valence electrons. The number of carbonyl (C=O) groups excluding carboxylic acids is 3. The zero-order valence-corrected chi connectivity index (χ0v) is 10.5. The zero-order chi connectivity index (χ0) is 13.2. The van der Waals surface area contributed by atoms with E-state index >= 15 is 0 Å². The third-order valence-corrected chi connectivity index (χ3v) is 3.40. The molecule has 0 aromatic heterocycles. The third kappa shape index (κ3) is 1.85. The van der Waals surface area contributed by atoms with Crippen LogP contribution in [-0.4, -0.2) is 31.9 Å². The minimum absolute atomic E-state index is 0.0141. The molecule has 0 heterocycles. The Hall–Kier alpha value is -1.65. The van der Waals surface area contributed by atoms with E-state index < -0.39 is 17.4 Å². The molecule has 0 spiro atoms. The van der Waals surface area contributed by atoms with Crippen molar-refractivity contribution in [3.05, 3.63) is 11.1 Å². The lowest BCUT2D eigenvalue weighted by Gasteiger charge is -2.25. The van der Waals surface area contributed by atoms with E-state index in [0.29, 0.717) is 12.0 Å². The molecule has 0 fully saturated rings. The summed E-state index contributed by atoms with van der Waals surface area (Å²) in [5.74, 6) is -1.53. The van der Waals surface area contributed by atoms with Gasteiger partial charge in [0.2, 0.25) is 0 Å². The summed E-state index contributed by atoms with van der Waals surface area (Å²) in [5, 5.41) is 0. The molecule has 0 bridgehead atoms. The van der Waals surface area contributed by atoms with E-state index in [9.17, 15) is 14.4 Å². The maximum Gasteiger partial charge on any atom is 0.341 e. The summed E-state index contributed by atoms with van der Waals surface area (Å²) < 4.78 is 9.29. The van der Waals surface area contributed by atoms with Crippen LogP contribution in [0.3, 0.4) is 0 Å². The van der Waals surface area contributed by atoms with E-state index in [4.69, 9.17) is 4.74 Å². The maximum absolute atomic E-state index is 11.8. The molecule has 0 N–H and O–H groups in total. The van der Waals surface area contributed by atoms with Crippen LogP contribution in [0.2, 0.25) is 0 Å². The highest BCUT2D eigenvalue weighted by Crippen LogP contribution is 2.44. The van der Waals surface area contributed by atoms with Gasteiger partial charge >= 0.3 is 11.9 Å². The molecule has 0 saturated carbocycles. The van der Waals surface area contributed by atoms with Gasteiger partial charge in [-0.3, -0.25) is 9.59 Å². The number of hydrogen-bond donors (Lipinski definition) is 0. The number of Topliss-reactive ketones (excluding diaryl/α,β-unsaturated/α-hetero) is 1. The van der Waals surface area contributed by atoms with Gasteiger partial charge in [0.1, 0.15) is 5.57 Å². The van der Waals surface area contributed by atoms with Gasteiger partial charge in [0.25, 0.3) is 0 Å². The molecule has 1 atom stereocenters. The fraction of sp³-hybridized carbons (Fsp3) is 0.583. The number of ketones is 1. The molecule has 0 aromatic carbocycles. The van der Waals surface area contributed by atoms with Gasteiger partial charge < -0.3 is 9.47 Å². The van der Waals surface area contributed by atoms with Gasteiger partial charge in [-0.1, -0.05) is 6.92 Å². The second-order valence-electron chi connectivity index (χ2n) is 4.02. The standard InChI is InChI=1S/C12H16O5/c1-5-12(11(15)17-4)6-8(13)9(7(12)2)10(14)16-3/h5-6H2,1-4H3. The van der Waals surface area contributed by atoms with Crippen molar-refractivity contribution >= 4 is 17.7 Å². The second-order valence-corrected chi connectivity index (χ2v) is 4.02. The van der Waals surface area contributed by atoms with Crippen LogP contribution in [0.15, 0.2) is 11.1 Å². The maximum atomic E-state index is 11.8. The molecule has 1 rings (SSSR count). The lowest BCUT2D eigenvalue weighted by atomic mass is 9.79. The quantitative estimate of drug-likeness (QED) is 0.544. The number of carbonyl (C=O) groups is 3. The Morgan fingerprint density at radius 2 is 1.88 bits per heavy atom. The third-order valence-electron chi connectivity index (χ3n) is 3.40. The van der Waals surface area contributed by atoms with Crippen LogP contribution in [-0.2, 0) is 23.9 Å². The van der Waals surface area contributed by atoms with Crippen molar-refractivity contribution in [1.82, 2.24) is 0 Å². The van der Waals surface area contributed by atoms with E-state index in [1.165, 1.54) is 14.2 Å². The van der Waals surface area contributed by atoms with Gasteiger partial charge in [-0.05, 0) is 18.9 Å². The van der Waals surface area contributed by atoms with Crippen molar-refractivity contribution in [2.24, 2.45) is 5.41 Å². The van der Waals surface area contributed by atoms with E-state index in [-0.39, 0.29) is 17.8 Å². The Bertz CT molecular complexity index is 407. The molecule has 1 aliphatic carbocycles. The van der Waals surface area contributed by atoms with Crippen LogP contribution in [0.1, 0.15) is 26.7 Å². The lowest BCUT2D eigenvalue weighted by Crippen LogP contribution is -2.31. The van der Waals surface area contributed by atoms with Gasteiger partial charge in [0.05, 0.1) is 19.6 Å². The molecule has 1 aliphatic rings. The van der Waals surface area contributed by atoms with Gasteiger partial charge in [-0.15, -0.1) is 0 Å². The van der Waals surface area contributed by atoms with Crippen LogP contribution in [0.5, 0.6) is 0 Å². The van der Waals surface area contributed by atoms with Crippen molar-refractivity contribution in [2.75, 3.05) is 14.2 Å². The van der Waals surface area contributed by atoms with Crippen molar-refractivity contribution < 1.29 is 23.9 Å². The van der Waals surface area contributed by atoms with Gasteiger partial charge in [0.15, 0.2) is 5.78 Å². The molecule has 0 radical (unpaired) electrons. The molecule has 0 amide bonds. The molecule has 5 nitrogen and oxygen atoms in total. The second kappa shape index (κ2) is 4.69. The van der Waals surface area contributed by atoms with Crippen LogP contribution < -0.4 is 0 Å². The summed E-state index contributed by atoms with van der Waals surface area (Å²) in [4.78, 5) is 35.1. The summed E-state index contributed by atoms with van der Waals surface area (Å²) in [6.45, 7) is 3.39. The Morgan fingerprint density at radius 1 is 1.29 bits per heavy atom. The summed E-state index contributed by atoms with van der Waals surface area (Å²) in [5.41, 5.74) is -0.571. The predicted molar refractivity (Wildman–Crippen MR) is 59.1 cm³/mol. The first-order valence-electron chi connectivity index (χ1n) is 5.35. The predicted octanol–water partition coefficient (Wildman–Crippen LogP) is 1.02. The number of ether oxygens (including phenoxy) is 2. The zero-order valence-electron chi connectivity index (χ0n) is 10.5. The molecule has 0 aliphatic heterocycles. The van der Waals surface area contributed by atoms with Crippen molar-refractivity contribution in [2.45, 2.75) is 26.7 Å². The summed E-state index contributed by atoms with van der Waals surface area (Å²) in [6, 6.07) is 0. The minimum atomic E-state index is -1.00. The van der Waals surface area contributed by atoms with Crippen molar-refractivity contribution in [1.29, 1.82) is 0 Å². The van der Waals surface area contributed by atoms with Gasteiger partial charge in [-0.2, -0.15) is 0 Å². The number of esters is 2. The fourth-order valence-electron chi connectivity index (χ4n) is 2.27. The average molecular weight is 240 g/mol. The number of rotatable bonds is 3. The normalized spacial score (nSPS) is 23.9. The molecule has 0 aromatic rings. The number of hydrogen-bond acceptors (Lipinski definition) is 5. The first kappa shape index (κ1) is 13.4. The smallest absolute Gasteiger partial charge is 0.341 e. The van der Waals surface area contributed by atoms with Crippen LogP contribution in [0.25, 0.3) is 0 Å². The van der Waals surface area contributed by atoms with E-state index in [1.54, 1.807) is 13.8 Å². The summed E-state index contributed by atoms with van der Waals surface area (Å²) >= 11 is 0. The van der Waals surface area contributed by atoms with Crippen LogP contribution in [0.4, 0.5) is 0 Å². The molecular weight excluding hydrogens is 224 g/mol. The molecule has 5 heteroatoms. The highest BCUT2D eigenvalue weighted by molar-refractivity contribution is 6.21. The average Bonchev–Trinajstić information content (AvgIpc) is 2.59. The topological polar surface area (TPSA) is 69.7 Å². The van der Waals surface area contributed by atoms with E-state index in [2.05, 4.69) is 4.74 Å². The largest absolute Gasteiger partial charge is 0.468 e. The summed E-state index contributed by atoms with van der Waals surface area (Å²) in [7, 11) is 2.48. The van der Waals surface area contributed by atoms with E-state index in [1.807, 2.05) is 0 Å². The Balaban J connectivity index is 3.31. The SMILES string of the molecule is CCC1(C(=O)OC)CC(=O)C(C(=O)OC)=C1C. The first-order chi connectivity index (χ1) is 7.94.